The highest BCUT2D eigenvalue weighted by atomic mass is 16.6. The molecule has 17 heavy (non-hydrogen) atoms. The van der Waals surface area contributed by atoms with Crippen molar-refractivity contribution in [2.75, 3.05) is 13.1 Å². The standard InChI is InChI=1S/C11H22N2O2.C2H6/c1-10(2,3)15-9(14)13-7-5-6-11(4,12)8-13;1-2/h5-8,12H2,1-4H3;1-2H3/t11-;/m0./s1. The number of nitrogens with two attached hydrogens (primary N) is 1. The van der Waals surface area contributed by atoms with E-state index in [0.717, 1.165) is 19.4 Å². The molecule has 4 nitrogen and oxygen atoms in total. The summed E-state index contributed by atoms with van der Waals surface area (Å²) < 4.78 is 5.30. The average Bonchev–Trinajstić information content (AvgIpc) is 2.16. The molecule has 0 unspecified atom stereocenters. The third-order valence-corrected chi connectivity index (χ3v) is 2.38. The topological polar surface area (TPSA) is 55.6 Å². The second-order valence-corrected chi connectivity index (χ2v) is 5.66. The normalized spacial score (nSPS) is 24.8. The highest BCUT2D eigenvalue weighted by molar-refractivity contribution is 5.68. The zero-order valence-corrected chi connectivity index (χ0v) is 12.2. The van der Waals surface area contributed by atoms with E-state index in [4.69, 9.17) is 10.5 Å². The maximum Gasteiger partial charge on any atom is 0.410 e. The minimum atomic E-state index is -0.431. The Morgan fingerprint density at radius 2 is 1.88 bits per heavy atom. The fraction of sp³-hybridized carbons (Fsp3) is 0.923. The van der Waals surface area contributed by atoms with Crippen LogP contribution in [0.5, 0.6) is 0 Å². The van der Waals surface area contributed by atoms with Crippen molar-refractivity contribution in [3.63, 3.8) is 0 Å². The molecule has 0 bridgehead atoms. The molecule has 0 spiro atoms. The number of carbonyl (C=O) groups is 1. The van der Waals surface area contributed by atoms with E-state index in [1.165, 1.54) is 0 Å². The van der Waals surface area contributed by atoms with Gasteiger partial charge < -0.3 is 15.4 Å². The number of amides is 1. The van der Waals surface area contributed by atoms with Crippen LogP contribution < -0.4 is 5.73 Å². The van der Waals surface area contributed by atoms with E-state index in [-0.39, 0.29) is 11.6 Å². The van der Waals surface area contributed by atoms with Crippen LogP contribution in [0.3, 0.4) is 0 Å². The van der Waals surface area contributed by atoms with E-state index in [0.29, 0.717) is 6.54 Å². The number of rotatable bonds is 0. The molecule has 1 heterocycles. The maximum atomic E-state index is 11.7. The first-order valence-corrected chi connectivity index (χ1v) is 6.46. The van der Waals surface area contributed by atoms with E-state index in [2.05, 4.69) is 0 Å². The van der Waals surface area contributed by atoms with Gasteiger partial charge in [-0.1, -0.05) is 13.8 Å². The summed E-state index contributed by atoms with van der Waals surface area (Å²) in [5.74, 6) is 0. The Kier molecular flexibility index (Phi) is 5.96. The minimum absolute atomic E-state index is 0.251. The lowest BCUT2D eigenvalue weighted by atomic mass is 9.93. The van der Waals surface area contributed by atoms with Crippen LogP contribution in [0.1, 0.15) is 54.4 Å². The molecule has 1 atom stereocenters. The lowest BCUT2D eigenvalue weighted by Gasteiger charge is -2.38. The number of hydrogen-bond acceptors (Lipinski definition) is 3. The summed E-state index contributed by atoms with van der Waals surface area (Å²) in [7, 11) is 0. The molecule has 0 aromatic carbocycles. The molecular weight excluding hydrogens is 216 g/mol. The van der Waals surface area contributed by atoms with Crippen LogP contribution >= 0.6 is 0 Å². The highest BCUT2D eigenvalue weighted by Gasteiger charge is 2.31. The van der Waals surface area contributed by atoms with E-state index >= 15 is 0 Å². The Bertz CT molecular complexity index is 244. The molecule has 1 amide bonds. The summed E-state index contributed by atoms with van der Waals surface area (Å²) in [4.78, 5) is 13.5. The molecule has 1 saturated heterocycles. The van der Waals surface area contributed by atoms with Crippen molar-refractivity contribution in [1.29, 1.82) is 0 Å². The van der Waals surface area contributed by atoms with Crippen LogP contribution in [0.15, 0.2) is 0 Å². The summed E-state index contributed by atoms with van der Waals surface area (Å²) in [6, 6.07) is 0. The number of likely N-dealkylation sites (tertiary alicyclic amines) is 1. The third-order valence-electron chi connectivity index (χ3n) is 2.38. The lowest BCUT2D eigenvalue weighted by Crippen LogP contribution is -2.54. The van der Waals surface area contributed by atoms with Gasteiger partial charge in [-0.15, -0.1) is 0 Å². The molecule has 0 aromatic heterocycles. The van der Waals surface area contributed by atoms with Gasteiger partial charge in [0.1, 0.15) is 5.60 Å². The molecule has 0 radical (unpaired) electrons. The average molecular weight is 244 g/mol. The first kappa shape index (κ1) is 16.2. The van der Waals surface area contributed by atoms with Gasteiger partial charge in [0.15, 0.2) is 0 Å². The zero-order chi connectivity index (χ0) is 13.7. The fourth-order valence-electron chi connectivity index (χ4n) is 1.75. The van der Waals surface area contributed by atoms with Gasteiger partial charge in [0, 0.05) is 18.6 Å². The number of piperidine rings is 1. The molecule has 0 aliphatic carbocycles. The van der Waals surface area contributed by atoms with Crippen LogP contribution in [0.25, 0.3) is 0 Å². The van der Waals surface area contributed by atoms with Crippen LogP contribution in [0.4, 0.5) is 4.79 Å². The van der Waals surface area contributed by atoms with Crippen molar-refractivity contribution in [3.8, 4) is 0 Å². The molecule has 0 saturated carbocycles. The molecule has 4 heteroatoms. The second kappa shape index (κ2) is 6.24. The van der Waals surface area contributed by atoms with Crippen molar-refractivity contribution in [3.05, 3.63) is 0 Å². The Morgan fingerprint density at radius 3 is 2.29 bits per heavy atom. The van der Waals surface area contributed by atoms with Gasteiger partial charge in [0.25, 0.3) is 0 Å². The van der Waals surface area contributed by atoms with E-state index < -0.39 is 5.60 Å². The minimum Gasteiger partial charge on any atom is -0.444 e. The highest BCUT2D eigenvalue weighted by Crippen LogP contribution is 2.20. The van der Waals surface area contributed by atoms with Gasteiger partial charge in [-0.2, -0.15) is 0 Å². The first-order valence-electron chi connectivity index (χ1n) is 6.46. The number of nitrogens with zero attached hydrogens (tertiary/aromatic N) is 1. The van der Waals surface area contributed by atoms with Crippen molar-refractivity contribution < 1.29 is 9.53 Å². The predicted octanol–water partition coefficient (Wildman–Crippen LogP) is 2.76. The van der Waals surface area contributed by atoms with Gasteiger partial charge in [0.05, 0.1) is 0 Å². The molecule has 1 rings (SSSR count). The lowest BCUT2D eigenvalue weighted by molar-refractivity contribution is 0.0152. The van der Waals surface area contributed by atoms with Gasteiger partial charge in [-0.05, 0) is 40.5 Å². The van der Waals surface area contributed by atoms with Gasteiger partial charge in [-0.3, -0.25) is 0 Å². The van der Waals surface area contributed by atoms with Crippen molar-refractivity contribution in [1.82, 2.24) is 4.90 Å². The maximum absolute atomic E-state index is 11.7. The Morgan fingerprint density at radius 1 is 1.35 bits per heavy atom. The largest absolute Gasteiger partial charge is 0.444 e. The molecule has 2 N–H and O–H groups in total. The Balaban J connectivity index is 0.00000121. The summed E-state index contributed by atoms with van der Waals surface area (Å²) in [5, 5.41) is 0. The summed E-state index contributed by atoms with van der Waals surface area (Å²) in [6.07, 6.45) is 1.66. The van der Waals surface area contributed by atoms with E-state index in [9.17, 15) is 4.79 Å². The van der Waals surface area contributed by atoms with Gasteiger partial charge >= 0.3 is 6.09 Å². The summed E-state index contributed by atoms with van der Waals surface area (Å²) in [6.45, 7) is 12.9. The fourth-order valence-corrected chi connectivity index (χ4v) is 1.75. The third kappa shape index (κ3) is 6.51. The molecule has 102 valence electrons. The smallest absolute Gasteiger partial charge is 0.410 e. The zero-order valence-electron chi connectivity index (χ0n) is 12.2. The number of carbonyl (C=O) groups excluding carboxylic acids is 1. The molecule has 1 aliphatic rings. The number of hydrogen-bond donors (Lipinski definition) is 1. The number of ether oxygens (including phenoxy) is 1. The Labute approximate surface area is 105 Å². The SMILES string of the molecule is CC.CC(C)(C)OC(=O)N1CCC[C@](C)(N)C1. The monoisotopic (exact) mass is 244 g/mol. The quantitative estimate of drug-likeness (QED) is 0.713. The molecule has 0 aromatic rings. The van der Waals surface area contributed by atoms with Gasteiger partial charge in [0.2, 0.25) is 0 Å². The first-order chi connectivity index (χ1) is 7.70. The predicted molar refractivity (Wildman–Crippen MR) is 71.0 cm³/mol. The Hall–Kier alpha value is -0.770. The van der Waals surface area contributed by atoms with Crippen LogP contribution in [0, 0.1) is 0 Å². The van der Waals surface area contributed by atoms with Crippen LogP contribution in [-0.2, 0) is 4.74 Å². The molecule has 1 fully saturated rings. The van der Waals surface area contributed by atoms with Crippen molar-refractivity contribution in [2.24, 2.45) is 5.73 Å². The van der Waals surface area contributed by atoms with E-state index in [1.807, 2.05) is 41.5 Å². The second-order valence-electron chi connectivity index (χ2n) is 5.66. The van der Waals surface area contributed by atoms with Gasteiger partial charge in [-0.25, -0.2) is 4.79 Å². The van der Waals surface area contributed by atoms with Crippen molar-refractivity contribution in [2.45, 2.75) is 65.5 Å². The summed E-state index contributed by atoms with van der Waals surface area (Å²) >= 11 is 0. The van der Waals surface area contributed by atoms with Crippen molar-refractivity contribution >= 4 is 6.09 Å². The molecule has 1 aliphatic heterocycles. The van der Waals surface area contributed by atoms with Crippen LogP contribution in [-0.4, -0.2) is 35.2 Å². The van der Waals surface area contributed by atoms with E-state index in [1.54, 1.807) is 4.90 Å². The molecular formula is C13H28N2O2. The summed E-state index contributed by atoms with van der Waals surface area (Å²) in [5.41, 5.74) is 5.32. The van der Waals surface area contributed by atoms with Crippen LogP contribution in [0.2, 0.25) is 0 Å².